The van der Waals surface area contributed by atoms with Crippen LogP contribution in [0, 0.1) is 13.8 Å². The van der Waals surface area contributed by atoms with Gasteiger partial charge in [0.2, 0.25) is 11.9 Å². The molecule has 1 saturated heterocycles. The van der Waals surface area contributed by atoms with Crippen LogP contribution in [0.2, 0.25) is 0 Å². The summed E-state index contributed by atoms with van der Waals surface area (Å²) in [5.74, 6) is 1.13. The molecular formula is C20H33N7S. The van der Waals surface area contributed by atoms with Crippen molar-refractivity contribution in [1.82, 2.24) is 25.9 Å². The van der Waals surface area contributed by atoms with E-state index in [0.29, 0.717) is 23.1 Å². The van der Waals surface area contributed by atoms with E-state index in [0.717, 1.165) is 24.2 Å². The minimum absolute atomic E-state index is 0.0181. The van der Waals surface area contributed by atoms with Crippen molar-refractivity contribution in [1.29, 1.82) is 0 Å². The molecular weight excluding hydrogens is 370 g/mol. The van der Waals surface area contributed by atoms with Crippen LogP contribution >= 0.6 is 12.2 Å². The highest BCUT2D eigenvalue weighted by Crippen LogP contribution is 2.30. The number of thiocarbonyl (C=S) groups is 1. The van der Waals surface area contributed by atoms with Crippen LogP contribution in [0.25, 0.3) is 0 Å². The first-order valence-electron chi connectivity index (χ1n) is 10.0. The number of anilines is 1. The van der Waals surface area contributed by atoms with E-state index in [9.17, 15) is 0 Å². The summed E-state index contributed by atoms with van der Waals surface area (Å²) in [6, 6.07) is 2.60. The maximum atomic E-state index is 5.48. The lowest BCUT2D eigenvalue weighted by Crippen LogP contribution is -2.59. The predicted octanol–water partition coefficient (Wildman–Crippen LogP) is 2.80. The van der Waals surface area contributed by atoms with Gasteiger partial charge >= 0.3 is 0 Å². The van der Waals surface area contributed by atoms with E-state index >= 15 is 0 Å². The summed E-state index contributed by atoms with van der Waals surface area (Å²) in [7, 11) is 0. The van der Waals surface area contributed by atoms with Gasteiger partial charge in [-0.2, -0.15) is 0 Å². The minimum atomic E-state index is 0.0181. The molecule has 8 heteroatoms. The van der Waals surface area contributed by atoms with Crippen molar-refractivity contribution in [3.05, 3.63) is 17.5 Å². The molecule has 1 aromatic rings. The van der Waals surface area contributed by atoms with Gasteiger partial charge in [0.15, 0.2) is 5.11 Å². The van der Waals surface area contributed by atoms with Crippen LogP contribution in [-0.4, -0.2) is 44.2 Å². The molecule has 0 bridgehead atoms. The van der Waals surface area contributed by atoms with E-state index in [-0.39, 0.29) is 17.1 Å². The highest BCUT2D eigenvalue weighted by molar-refractivity contribution is 7.80. The molecule has 0 spiro atoms. The molecule has 0 unspecified atom stereocenters. The molecule has 2 heterocycles. The van der Waals surface area contributed by atoms with Crippen molar-refractivity contribution in [3.63, 3.8) is 0 Å². The number of aromatic nitrogens is 2. The van der Waals surface area contributed by atoms with Crippen molar-refractivity contribution in [2.45, 2.75) is 90.4 Å². The number of aryl methyl sites for hydroxylation is 2. The summed E-state index contributed by atoms with van der Waals surface area (Å²) in [6.45, 7) is 12.8. The molecule has 1 aliphatic heterocycles. The Balaban J connectivity index is 1.81. The Hall–Kier alpha value is -1.80. The number of hydrogen-bond donors (Lipinski definition) is 4. The Kier molecular flexibility index (Phi) is 5.91. The average molecular weight is 404 g/mol. The Morgan fingerprint density at radius 1 is 1.11 bits per heavy atom. The Morgan fingerprint density at radius 2 is 1.68 bits per heavy atom. The molecule has 2 fully saturated rings. The molecule has 0 radical (unpaired) electrons. The van der Waals surface area contributed by atoms with Crippen molar-refractivity contribution in [2.24, 2.45) is 4.99 Å². The zero-order valence-corrected chi connectivity index (χ0v) is 18.6. The fraction of sp³-hybridized carbons (Fsp3) is 0.700. The summed E-state index contributed by atoms with van der Waals surface area (Å²) in [5.41, 5.74) is 1.86. The number of guanidine groups is 1. The van der Waals surface area contributed by atoms with Crippen LogP contribution in [0.1, 0.15) is 64.8 Å². The fourth-order valence-electron chi connectivity index (χ4n) is 4.08. The van der Waals surface area contributed by atoms with Gasteiger partial charge < -0.3 is 16.0 Å². The average Bonchev–Trinajstić information content (AvgIpc) is 3.25. The lowest BCUT2D eigenvalue weighted by atomic mass is 9.80. The lowest BCUT2D eigenvalue weighted by molar-refractivity contribution is 0.164. The lowest BCUT2D eigenvalue weighted by Gasteiger charge is -2.45. The zero-order valence-electron chi connectivity index (χ0n) is 17.8. The summed E-state index contributed by atoms with van der Waals surface area (Å²) < 4.78 is 0. The van der Waals surface area contributed by atoms with Gasteiger partial charge in [-0.25, -0.2) is 15.0 Å². The quantitative estimate of drug-likeness (QED) is 0.351. The summed E-state index contributed by atoms with van der Waals surface area (Å²) >= 11 is 5.48. The number of aliphatic imine (C=N–C) groups is 1. The number of nitrogens with zero attached hydrogens (tertiary/aromatic N) is 3. The highest BCUT2D eigenvalue weighted by atomic mass is 32.1. The van der Waals surface area contributed by atoms with Crippen LogP contribution in [0.5, 0.6) is 0 Å². The van der Waals surface area contributed by atoms with Gasteiger partial charge in [-0.05, 0) is 85.5 Å². The van der Waals surface area contributed by atoms with Gasteiger partial charge in [0.25, 0.3) is 0 Å². The van der Waals surface area contributed by atoms with E-state index < -0.39 is 0 Å². The molecule has 154 valence electrons. The van der Waals surface area contributed by atoms with E-state index in [4.69, 9.17) is 17.2 Å². The van der Waals surface area contributed by atoms with Crippen molar-refractivity contribution >= 4 is 29.2 Å². The number of nitrogens with one attached hydrogen (secondary N) is 4. The molecule has 1 aliphatic carbocycles. The molecule has 28 heavy (non-hydrogen) atoms. The molecule has 0 aromatic carbocycles. The van der Waals surface area contributed by atoms with E-state index in [1.807, 2.05) is 19.9 Å². The first-order chi connectivity index (χ1) is 13.0. The first-order valence-corrected chi connectivity index (χ1v) is 10.4. The second kappa shape index (κ2) is 7.91. The Labute approximate surface area is 173 Å². The second-order valence-electron chi connectivity index (χ2n) is 9.40. The van der Waals surface area contributed by atoms with Crippen LogP contribution in [0.4, 0.5) is 5.95 Å². The summed E-state index contributed by atoms with van der Waals surface area (Å²) in [5, 5.41) is 14.1. The number of hydrogen-bond acceptors (Lipinski definition) is 5. The van der Waals surface area contributed by atoms with Gasteiger partial charge in [0.1, 0.15) is 0 Å². The predicted molar refractivity (Wildman–Crippen MR) is 119 cm³/mol. The largest absolute Gasteiger partial charge is 0.360 e. The minimum Gasteiger partial charge on any atom is -0.360 e. The third-order valence-corrected chi connectivity index (χ3v) is 5.06. The van der Waals surface area contributed by atoms with Gasteiger partial charge in [-0.15, -0.1) is 0 Å². The van der Waals surface area contributed by atoms with Crippen molar-refractivity contribution in [3.8, 4) is 0 Å². The molecule has 2 aliphatic rings. The molecule has 1 aromatic heterocycles. The molecule has 1 saturated carbocycles. The normalized spacial score (nSPS) is 21.9. The number of piperidine rings is 1. The Bertz CT molecular complexity index is 732. The molecule has 4 N–H and O–H groups in total. The van der Waals surface area contributed by atoms with Crippen molar-refractivity contribution in [2.75, 3.05) is 5.32 Å². The number of rotatable bonds is 3. The van der Waals surface area contributed by atoms with Gasteiger partial charge in [-0.3, -0.25) is 5.32 Å². The van der Waals surface area contributed by atoms with E-state index in [2.05, 4.69) is 58.9 Å². The molecule has 3 rings (SSSR count). The van der Waals surface area contributed by atoms with Crippen molar-refractivity contribution < 1.29 is 0 Å². The third-order valence-electron chi connectivity index (χ3n) is 4.84. The maximum Gasteiger partial charge on any atom is 0.229 e. The zero-order chi connectivity index (χ0) is 20.5. The van der Waals surface area contributed by atoms with Gasteiger partial charge in [0, 0.05) is 28.5 Å². The van der Waals surface area contributed by atoms with Crippen LogP contribution < -0.4 is 21.3 Å². The second-order valence-corrected chi connectivity index (χ2v) is 9.81. The SMILES string of the molecule is Cc1cc(C)nc(NC(=NC2CC(C)(C)NC(C)(C)C2)NC(=S)NC2CC2)n1. The van der Waals surface area contributed by atoms with E-state index in [1.165, 1.54) is 12.8 Å². The fourth-order valence-corrected chi connectivity index (χ4v) is 4.35. The monoisotopic (exact) mass is 403 g/mol. The Morgan fingerprint density at radius 3 is 2.21 bits per heavy atom. The molecule has 0 atom stereocenters. The van der Waals surface area contributed by atoms with Crippen LogP contribution in [0.3, 0.4) is 0 Å². The molecule has 7 nitrogen and oxygen atoms in total. The van der Waals surface area contributed by atoms with Gasteiger partial charge in [0.05, 0.1) is 6.04 Å². The van der Waals surface area contributed by atoms with E-state index in [1.54, 1.807) is 0 Å². The summed E-state index contributed by atoms with van der Waals surface area (Å²) in [4.78, 5) is 14.0. The third kappa shape index (κ3) is 6.38. The van der Waals surface area contributed by atoms with Crippen LogP contribution in [0.15, 0.2) is 11.1 Å². The van der Waals surface area contributed by atoms with Gasteiger partial charge in [-0.1, -0.05) is 0 Å². The maximum absolute atomic E-state index is 5.48. The topological polar surface area (TPSA) is 86.3 Å². The molecule has 0 amide bonds. The standard InChI is InChI=1S/C20H33N7S/c1-12-9-13(2)22-16(21-12)25-17(26-18(28)24-14-7-8-14)23-15-10-19(3,4)27-20(5,6)11-15/h9,14-15,27H,7-8,10-11H2,1-6H3,(H3,21,22,23,24,25,26,28). The smallest absolute Gasteiger partial charge is 0.229 e. The highest BCUT2D eigenvalue weighted by Gasteiger charge is 2.37. The van der Waals surface area contributed by atoms with Crippen LogP contribution in [-0.2, 0) is 0 Å². The summed E-state index contributed by atoms with van der Waals surface area (Å²) in [6.07, 6.45) is 4.22. The first kappa shape index (κ1) is 20.9.